The molecule has 4 rings (SSSR count). The molecule has 0 saturated carbocycles. The molecule has 0 saturated heterocycles. The lowest BCUT2D eigenvalue weighted by Crippen LogP contribution is -2.53. The van der Waals surface area contributed by atoms with Crippen LogP contribution in [0, 0.1) is 11.3 Å². The zero-order valence-electron chi connectivity index (χ0n) is 20.7. The van der Waals surface area contributed by atoms with Gasteiger partial charge < -0.3 is 14.6 Å². The Morgan fingerprint density at radius 3 is 2.57 bits per heavy atom. The highest BCUT2D eigenvalue weighted by Gasteiger charge is 2.20. The summed E-state index contributed by atoms with van der Waals surface area (Å²) in [6.45, 7) is 0. The zero-order chi connectivity index (χ0) is 26.4. The fourth-order valence-corrected chi connectivity index (χ4v) is 4.34. The molecule has 0 aliphatic carbocycles. The molecule has 0 fully saturated rings. The van der Waals surface area contributed by atoms with Crippen LogP contribution in [0.1, 0.15) is 5.56 Å². The van der Waals surface area contributed by atoms with E-state index < -0.39 is 5.90 Å². The van der Waals surface area contributed by atoms with Crippen LogP contribution in [-0.2, 0) is 0 Å². The van der Waals surface area contributed by atoms with E-state index >= 15 is 0 Å². The average molecular weight is 517 g/mol. The molecule has 10 nitrogen and oxygen atoms in total. The monoisotopic (exact) mass is 516 g/mol. The van der Waals surface area contributed by atoms with E-state index in [-0.39, 0.29) is 11.6 Å². The summed E-state index contributed by atoms with van der Waals surface area (Å²) in [4.78, 5) is 10.1. The molecule has 0 radical (unpaired) electrons. The predicted octanol–water partition coefficient (Wildman–Crippen LogP) is 2.96. The van der Waals surface area contributed by atoms with Crippen LogP contribution in [0.3, 0.4) is 0 Å². The SMILES string of the molecule is COc1cccc(-c2cc(-c3ccccc3)nc(SC/C([O-])=N\c3c[n+](N(C)C)no3)c2C#N)c1OC. The first-order valence-electron chi connectivity index (χ1n) is 11.1. The van der Waals surface area contributed by atoms with Gasteiger partial charge in [0.25, 0.3) is 6.20 Å². The highest BCUT2D eigenvalue weighted by molar-refractivity contribution is 8.00. The van der Waals surface area contributed by atoms with E-state index in [1.54, 1.807) is 39.4 Å². The highest BCUT2D eigenvalue weighted by Crippen LogP contribution is 2.42. The Morgan fingerprint density at radius 2 is 1.92 bits per heavy atom. The minimum Gasteiger partial charge on any atom is -0.861 e. The van der Waals surface area contributed by atoms with E-state index in [0.29, 0.717) is 38.9 Å². The molecule has 0 aliphatic heterocycles. The third kappa shape index (κ3) is 5.65. The molecule has 11 heteroatoms. The van der Waals surface area contributed by atoms with Crippen LogP contribution in [0.15, 0.2) is 75.3 Å². The lowest BCUT2D eigenvalue weighted by Gasteiger charge is -2.17. The highest BCUT2D eigenvalue weighted by atomic mass is 32.2. The molecule has 0 aliphatic rings. The number of hydrogen-bond acceptors (Lipinski definition) is 10. The van der Waals surface area contributed by atoms with Crippen molar-refractivity contribution in [2.24, 2.45) is 4.99 Å². The molecule has 0 N–H and O–H groups in total. The Balaban J connectivity index is 1.78. The molecule has 2 aromatic heterocycles. The van der Waals surface area contributed by atoms with Crippen molar-refractivity contribution in [2.45, 2.75) is 5.03 Å². The third-order valence-electron chi connectivity index (χ3n) is 5.28. The average Bonchev–Trinajstić information content (AvgIpc) is 3.40. The van der Waals surface area contributed by atoms with E-state index in [4.69, 9.17) is 19.0 Å². The number of para-hydroxylation sites is 1. The van der Waals surface area contributed by atoms with Gasteiger partial charge in [-0.1, -0.05) is 54.2 Å². The number of aliphatic imine (C=N–C) groups is 1. The van der Waals surface area contributed by atoms with Gasteiger partial charge in [0.05, 0.1) is 44.4 Å². The fourth-order valence-electron chi connectivity index (χ4n) is 3.56. The quantitative estimate of drug-likeness (QED) is 0.143. The van der Waals surface area contributed by atoms with Crippen molar-refractivity contribution >= 4 is 23.5 Å². The minimum absolute atomic E-state index is 0.0583. The molecule has 2 aromatic carbocycles. The van der Waals surface area contributed by atoms with Crippen LogP contribution in [-0.4, -0.2) is 50.2 Å². The summed E-state index contributed by atoms with van der Waals surface area (Å²) < 4.78 is 16.2. The minimum atomic E-state index is -0.455. The molecular formula is C26H24N6O4S. The standard InChI is InChI=1S/C26H24N6O4S/c1-31(2)32-15-24(36-30-32)29-23(33)16-37-26-20(14-27)19(13-21(28-26)17-9-6-5-7-10-17)18-11-8-12-22(34-3)25(18)35-4/h5-13,15H,16H2,1-4H3. The Morgan fingerprint density at radius 1 is 1.14 bits per heavy atom. The van der Waals surface area contributed by atoms with Gasteiger partial charge in [-0.05, 0) is 18.0 Å². The number of hydrogen-bond donors (Lipinski definition) is 0. The Kier molecular flexibility index (Phi) is 7.90. The molecule has 188 valence electrons. The fraction of sp³-hybridized carbons (Fsp3) is 0.192. The van der Waals surface area contributed by atoms with Crippen LogP contribution < -0.4 is 24.4 Å². The van der Waals surface area contributed by atoms with Crippen LogP contribution in [0.5, 0.6) is 11.5 Å². The second kappa shape index (κ2) is 11.5. The summed E-state index contributed by atoms with van der Waals surface area (Å²) in [6, 6.07) is 19.2. The van der Waals surface area contributed by atoms with E-state index in [0.717, 1.165) is 17.3 Å². The van der Waals surface area contributed by atoms with Gasteiger partial charge in [0, 0.05) is 22.4 Å². The van der Waals surface area contributed by atoms with Crippen molar-refractivity contribution in [1.82, 2.24) is 10.3 Å². The zero-order valence-corrected chi connectivity index (χ0v) is 21.5. The van der Waals surface area contributed by atoms with E-state index in [1.165, 1.54) is 11.0 Å². The first-order valence-corrected chi connectivity index (χ1v) is 12.1. The summed E-state index contributed by atoms with van der Waals surface area (Å²) in [5, 5.41) is 28.6. The predicted molar refractivity (Wildman–Crippen MR) is 138 cm³/mol. The molecule has 0 amide bonds. The van der Waals surface area contributed by atoms with Gasteiger partial charge in [0.15, 0.2) is 11.5 Å². The topological polar surface area (TPSA) is 124 Å². The number of pyridine rings is 1. The number of nitriles is 1. The smallest absolute Gasteiger partial charge is 0.324 e. The van der Waals surface area contributed by atoms with Crippen molar-refractivity contribution in [2.75, 3.05) is 39.1 Å². The summed E-state index contributed by atoms with van der Waals surface area (Å²) in [5.74, 6) is 0.591. The van der Waals surface area contributed by atoms with Gasteiger partial charge in [-0.25, -0.2) is 9.98 Å². The number of benzene rings is 2. The third-order valence-corrected chi connectivity index (χ3v) is 6.24. The van der Waals surface area contributed by atoms with Gasteiger partial charge in [0.2, 0.25) is 5.27 Å². The van der Waals surface area contributed by atoms with Crippen molar-refractivity contribution < 1.29 is 23.9 Å². The molecular weight excluding hydrogens is 492 g/mol. The van der Waals surface area contributed by atoms with Crippen molar-refractivity contribution in [3.8, 4) is 40.0 Å². The molecule has 4 aromatic rings. The van der Waals surface area contributed by atoms with Gasteiger partial charge in [-0.2, -0.15) is 10.3 Å². The number of thioether (sulfide) groups is 1. The van der Waals surface area contributed by atoms with Gasteiger partial charge in [-0.3, -0.25) is 4.52 Å². The van der Waals surface area contributed by atoms with Crippen LogP contribution >= 0.6 is 11.8 Å². The van der Waals surface area contributed by atoms with E-state index in [2.05, 4.69) is 16.3 Å². The summed E-state index contributed by atoms with van der Waals surface area (Å²) in [5.41, 5.74) is 3.11. The molecule has 37 heavy (non-hydrogen) atoms. The number of methoxy groups -OCH3 is 2. The largest absolute Gasteiger partial charge is 0.861 e. The number of rotatable bonds is 9. The number of aromatic nitrogens is 3. The van der Waals surface area contributed by atoms with Crippen molar-refractivity contribution in [3.63, 3.8) is 0 Å². The first kappa shape index (κ1) is 25.5. The van der Waals surface area contributed by atoms with Gasteiger partial charge in [-0.15, -0.1) is 0 Å². The first-order chi connectivity index (χ1) is 17.9. The Labute approximate surface area is 218 Å². The second-order valence-corrected chi connectivity index (χ2v) is 8.82. The second-order valence-electron chi connectivity index (χ2n) is 7.86. The Bertz CT molecular complexity index is 1460. The molecule has 0 bridgehead atoms. The molecule has 0 unspecified atom stereocenters. The number of ether oxygens (including phenoxy) is 2. The molecule has 0 spiro atoms. The van der Waals surface area contributed by atoms with Crippen LogP contribution in [0.4, 0.5) is 5.88 Å². The molecule has 2 heterocycles. The lowest BCUT2D eigenvalue weighted by atomic mass is 9.98. The summed E-state index contributed by atoms with van der Waals surface area (Å²) in [7, 11) is 6.65. The lowest BCUT2D eigenvalue weighted by molar-refractivity contribution is -0.753. The van der Waals surface area contributed by atoms with Gasteiger partial charge in [0.1, 0.15) is 11.1 Å². The van der Waals surface area contributed by atoms with Crippen molar-refractivity contribution in [1.29, 1.82) is 5.26 Å². The van der Waals surface area contributed by atoms with Crippen LogP contribution in [0.2, 0.25) is 0 Å². The van der Waals surface area contributed by atoms with Crippen molar-refractivity contribution in [3.05, 3.63) is 66.4 Å². The summed E-state index contributed by atoms with van der Waals surface area (Å²) >= 11 is 1.12. The van der Waals surface area contributed by atoms with E-state index in [9.17, 15) is 10.4 Å². The Hall–Kier alpha value is -4.56. The summed E-state index contributed by atoms with van der Waals surface area (Å²) in [6.07, 6.45) is 1.49. The van der Waals surface area contributed by atoms with Crippen LogP contribution in [0.25, 0.3) is 22.4 Å². The normalized spacial score (nSPS) is 11.2. The maximum Gasteiger partial charge on any atom is 0.324 e. The maximum absolute atomic E-state index is 12.6. The van der Waals surface area contributed by atoms with Gasteiger partial charge >= 0.3 is 5.88 Å². The molecule has 0 atom stereocenters. The number of nitrogens with zero attached hydrogens (tertiary/aromatic N) is 6. The maximum atomic E-state index is 12.6. The van der Waals surface area contributed by atoms with E-state index in [1.807, 2.05) is 48.5 Å².